The quantitative estimate of drug-likeness (QED) is 0.144. The Bertz CT molecular complexity index is 2880. The topological polar surface area (TPSA) is 60.2 Å². The third kappa shape index (κ3) is 8.48. The Morgan fingerprint density at radius 1 is 0.312 bits per heavy atom. The molecule has 326 valence electrons. The Morgan fingerprint density at radius 3 is 1.03 bits per heavy atom. The summed E-state index contributed by atoms with van der Waals surface area (Å²) in [7, 11) is 0. The highest BCUT2D eigenvalue weighted by Crippen LogP contribution is 2.41. The highest BCUT2D eigenvalue weighted by Gasteiger charge is 2.23. The van der Waals surface area contributed by atoms with Gasteiger partial charge in [-0.2, -0.15) is 0 Å². The van der Waals surface area contributed by atoms with Crippen LogP contribution in [-0.4, -0.2) is 28.5 Å². The molecule has 0 bridgehead atoms. The summed E-state index contributed by atoms with van der Waals surface area (Å²) >= 11 is 0. The SMILES string of the molecule is C.Cc1ccc(-c2ccccc2)n1-c1cccc(-n2c(-c3ccccc3)ccc2-c2ccccc2)c1O.Cc1ccc(C(C)C)n1-c1cccc(-n2c(C(C)C)ccc2C(C)C)c1O. The molecular weight excluding hydrogens is 785 g/mol. The molecule has 64 heavy (non-hydrogen) atoms. The van der Waals surface area contributed by atoms with Gasteiger partial charge in [0.1, 0.15) is 0 Å². The molecule has 4 heterocycles. The van der Waals surface area contributed by atoms with Crippen molar-refractivity contribution in [1.29, 1.82) is 0 Å². The lowest BCUT2D eigenvalue weighted by Gasteiger charge is -2.22. The highest BCUT2D eigenvalue weighted by atomic mass is 16.3. The zero-order valence-electron chi connectivity index (χ0n) is 37.7. The first-order valence-corrected chi connectivity index (χ1v) is 22.1. The van der Waals surface area contributed by atoms with Crippen LogP contribution < -0.4 is 0 Å². The number of hydrogen-bond acceptors (Lipinski definition) is 2. The minimum atomic E-state index is 0. The van der Waals surface area contributed by atoms with Crippen molar-refractivity contribution in [2.45, 2.75) is 80.6 Å². The number of aromatic hydroxyl groups is 2. The van der Waals surface area contributed by atoms with E-state index in [2.05, 4.69) is 159 Å². The van der Waals surface area contributed by atoms with Gasteiger partial charge in [-0.15, -0.1) is 0 Å². The molecule has 0 aliphatic rings. The van der Waals surface area contributed by atoms with Gasteiger partial charge in [-0.05, 0) is 121 Å². The van der Waals surface area contributed by atoms with Gasteiger partial charge in [-0.25, -0.2) is 0 Å². The number of aryl methyl sites for hydroxylation is 2. The third-order valence-corrected chi connectivity index (χ3v) is 11.9. The maximum atomic E-state index is 11.8. The molecule has 6 heteroatoms. The number of hydrogen-bond donors (Lipinski definition) is 2. The van der Waals surface area contributed by atoms with Crippen LogP contribution in [0.15, 0.2) is 176 Å². The smallest absolute Gasteiger partial charge is 0.163 e. The first-order valence-electron chi connectivity index (χ1n) is 22.1. The van der Waals surface area contributed by atoms with E-state index < -0.39 is 0 Å². The average molecular weight is 847 g/mol. The van der Waals surface area contributed by atoms with Crippen LogP contribution in [0.1, 0.15) is 95.2 Å². The zero-order chi connectivity index (χ0) is 44.4. The number of nitrogens with zero attached hydrogens (tertiary/aromatic N) is 4. The molecule has 0 atom stereocenters. The highest BCUT2D eigenvalue weighted by molar-refractivity contribution is 5.77. The molecular formula is C58H62N4O2. The Kier molecular flexibility index (Phi) is 13.4. The molecule has 0 amide bonds. The van der Waals surface area contributed by atoms with Crippen LogP contribution in [0.25, 0.3) is 56.5 Å². The normalized spacial score (nSPS) is 11.2. The summed E-state index contributed by atoms with van der Waals surface area (Å²) in [6.45, 7) is 17.3. The average Bonchev–Trinajstić information content (AvgIpc) is 4.10. The van der Waals surface area contributed by atoms with Crippen LogP contribution in [0.5, 0.6) is 11.5 Å². The van der Waals surface area contributed by atoms with E-state index in [1.165, 1.54) is 17.1 Å². The van der Waals surface area contributed by atoms with Gasteiger partial charge in [0.25, 0.3) is 0 Å². The Hall–Kier alpha value is -7.18. The molecule has 0 unspecified atom stereocenters. The van der Waals surface area contributed by atoms with Gasteiger partial charge in [-0.3, -0.25) is 0 Å². The summed E-state index contributed by atoms with van der Waals surface area (Å²) < 4.78 is 8.70. The molecule has 5 aromatic carbocycles. The Balaban J connectivity index is 0.000000197. The van der Waals surface area contributed by atoms with Crippen LogP contribution in [0.4, 0.5) is 0 Å². The van der Waals surface area contributed by atoms with Crippen molar-refractivity contribution < 1.29 is 10.2 Å². The van der Waals surface area contributed by atoms with E-state index in [-0.39, 0.29) is 13.2 Å². The first-order chi connectivity index (χ1) is 30.5. The van der Waals surface area contributed by atoms with Crippen LogP contribution in [0, 0.1) is 13.8 Å². The molecule has 2 N–H and O–H groups in total. The summed E-state index contributed by atoms with van der Waals surface area (Å²) in [5.74, 6) is 1.70. The standard InChI is InChI=1S/C33H26N2O.C24H32N2O.CH4/c1-24-20-21-28(25-12-5-2-6-13-25)34(24)31-18-11-19-32(33(31)36)35-29(26-14-7-3-8-15-26)22-23-30(35)27-16-9-4-10-17-27;1-15(2)19-12-11-18(7)25(19)22-9-8-10-23(24(22)27)26-20(16(3)4)13-14-21(26)17(5)6;/h2-23,36H,1H3;8-17,27H,1-7H3;1H4. The van der Waals surface area contributed by atoms with Crippen molar-refractivity contribution in [2.75, 3.05) is 0 Å². The zero-order valence-corrected chi connectivity index (χ0v) is 37.7. The van der Waals surface area contributed by atoms with Gasteiger partial charge in [0.2, 0.25) is 0 Å². The molecule has 0 aliphatic carbocycles. The van der Waals surface area contributed by atoms with Crippen molar-refractivity contribution in [1.82, 2.24) is 18.3 Å². The lowest BCUT2D eigenvalue weighted by molar-refractivity contribution is 0.466. The monoisotopic (exact) mass is 846 g/mol. The van der Waals surface area contributed by atoms with Gasteiger partial charge in [0.05, 0.1) is 39.8 Å². The number of rotatable bonds is 10. The maximum Gasteiger partial charge on any atom is 0.163 e. The molecule has 0 radical (unpaired) electrons. The first kappa shape index (κ1) is 44.9. The van der Waals surface area contributed by atoms with Crippen molar-refractivity contribution >= 4 is 0 Å². The third-order valence-electron chi connectivity index (χ3n) is 11.9. The van der Waals surface area contributed by atoms with E-state index in [4.69, 9.17) is 0 Å². The molecule has 9 rings (SSSR count). The molecule has 6 nitrogen and oxygen atoms in total. The summed E-state index contributed by atoms with van der Waals surface area (Å²) in [6.07, 6.45) is 0. The molecule has 0 saturated heterocycles. The van der Waals surface area contributed by atoms with Crippen LogP contribution >= 0.6 is 0 Å². The minimum absolute atomic E-state index is 0. The van der Waals surface area contributed by atoms with Gasteiger partial charge < -0.3 is 28.5 Å². The molecule has 0 aliphatic heterocycles. The number of phenolic OH excluding ortho intramolecular Hbond substituents is 2. The van der Waals surface area contributed by atoms with E-state index in [0.29, 0.717) is 23.5 Å². The molecule has 0 spiro atoms. The predicted molar refractivity (Wildman–Crippen MR) is 268 cm³/mol. The second-order valence-corrected chi connectivity index (χ2v) is 17.2. The molecule has 9 aromatic rings. The summed E-state index contributed by atoms with van der Waals surface area (Å²) in [6, 6.07) is 60.1. The van der Waals surface area contributed by atoms with Gasteiger partial charge in [0, 0.05) is 28.5 Å². The second-order valence-electron chi connectivity index (χ2n) is 17.2. The molecule has 4 aromatic heterocycles. The van der Waals surface area contributed by atoms with E-state index in [0.717, 1.165) is 67.9 Å². The summed E-state index contributed by atoms with van der Waals surface area (Å²) in [5.41, 5.74) is 15.4. The van der Waals surface area contributed by atoms with Crippen LogP contribution in [0.3, 0.4) is 0 Å². The lowest BCUT2D eigenvalue weighted by Crippen LogP contribution is -2.09. The van der Waals surface area contributed by atoms with E-state index in [9.17, 15) is 10.2 Å². The fourth-order valence-corrected chi connectivity index (χ4v) is 8.80. The lowest BCUT2D eigenvalue weighted by atomic mass is 10.1. The number of phenols is 2. The number of para-hydroxylation sites is 2. The number of benzene rings is 5. The fraction of sp³-hybridized carbons (Fsp3) is 0.207. The largest absolute Gasteiger partial charge is 0.504 e. The fourth-order valence-electron chi connectivity index (χ4n) is 8.80. The van der Waals surface area contributed by atoms with Crippen molar-refractivity contribution in [3.8, 4) is 68.0 Å². The second kappa shape index (κ2) is 19.1. The summed E-state index contributed by atoms with van der Waals surface area (Å²) in [5, 5.41) is 23.2. The van der Waals surface area contributed by atoms with E-state index in [1.54, 1.807) is 0 Å². The van der Waals surface area contributed by atoms with Crippen LogP contribution in [0.2, 0.25) is 0 Å². The molecule has 0 fully saturated rings. The predicted octanol–water partition coefficient (Wildman–Crippen LogP) is 15.6. The van der Waals surface area contributed by atoms with E-state index >= 15 is 0 Å². The van der Waals surface area contributed by atoms with Crippen molar-refractivity contribution in [2.24, 2.45) is 0 Å². The van der Waals surface area contributed by atoms with Gasteiger partial charge in [-0.1, -0.05) is 152 Å². The summed E-state index contributed by atoms with van der Waals surface area (Å²) in [4.78, 5) is 0. The molecule has 0 saturated carbocycles. The minimum Gasteiger partial charge on any atom is -0.504 e. The maximum absolute atomic E-state index is 11.8. The van der Waals surface area contributed by atoms with Crippen molar-refractivity contribution in [3.05, 3.63) is 204 Å². The van der Waals surface area contributed by atoms with Crippen LogP contribution in [-0.2, 0) is 0 Å². The Morgan fingerprint density at radius 2 is 0.609 bits per heavy atom. The Labute approximate surface area is 380 Å². The van der Waals surface area contributed by atoms with Crippen molar-refractivity contribution in [3.63, 3.8) is 0 Å². The van der Waals surface area contributed by atoms with Gasteiger partial charge in [0.15, 0.2) is 11.5 Å². The number of aromatic nitrogens is 4. The van der Waals surface area contributed by atoms with E-state index in [1.807, 2.05) is 91.0 Å². The van der Waals surface area contributed by atoms with Gasteiger partial charge >= 0.3 is 0 Å².